The average molecular weight is 377 g/mol. The fourth-order valence-corrected chi connectivity index (χ4v) is 3.46. The van der Waals surface area contributed by atoms with Crippen LogP contribution in [-0.4, -0.2) is 35.9 Å². The van der Waals surface area contributed by atoms with Crippen LogP contribution in [0.2, 0.25) is 0 Å². The van der Waals surface area contributed by atoms with Gasteiger partial charge in [-0.15, -0.1) is 10.2 Å². The Bertz CT molecular complexity index is 961. The van der Waals surface area contributed by atoms with Crippen molar-refractivity contribution >= 4 is 5.91 Å². The molecule has 2 aromatic carbocycles. The third kappa shape index (κ3) is 4.12. The molecular weight excluding hydrogens is 354 g/mol. The minimum absolute atomic E-state index is 0.0631. The lowest BCUT2D eigenvalue weighted by molar-refractivity contribution is 0.0950. The predicted octanol–water partition coefficient (Wildman–Crippen LogP) is 3.87. The Balaban J connectivity index is 1.52. The molecule has 6 nitrogen and oxygen atoms in total. The van der Waals surface area contributed by atoms with Crippen LogP contribution in [0.5, 0.6) is 0 Å². The summed E-state index contributed by atoms with van der Waals surface area (Å²) in [6, 6.07) is 15.4. The van der Waals surface area contributed by atoms with Gasteiger partial charge in [0.1, 0.15) is 0 Å². The second-order valence-electron chi connectivity index (χ2n) is 7.03. The molecule has 1 saturated heterocycles. The highest BCUT2D eigenvalue weighted by Gasteiger charge is 2.16. The van der Waals surface area contributed by atoms with Gasteiger partial charge in [0.15, 0.2) is 0 Å². The summed E-state index contributed by atoms with van der Waals surface area (Å²) in [6.07, 6.45) is 2.03. The van der Waals surface area contributed by atoms with Gasteiger partial charge < -0.3 is 14.5 Å². The molecule has 0 spiro atoms. The molecule has 0 saturated carbocycles. The van der Waals surface area contributed by atoms with E-state index in [0.29, 0.717) is 29.8 Å². The Hall–Kier alpha value is -2.99. The van der Waals surface area contributed by atoms with Crippen LogP contribution in [0.3, 0.4) is 0 Å². The Morgan fingerprint density at radius 1 is 1.14 bits per heavy atom. The Kier molecular flexibility index (Phi) is 5.48. The molecule has 0 unspecified atom stereocenters. The van der Waals surface area contributed by atoms with Crippen LogP contribution < -0.4 is 5.32 Å². The number of nitrogens with one attached hydrogen (secondary N) is 1. The smallest absolute Gasteiger partial charge is 0.251 e. The maximum atomic E-state index is 12.6. The van der Waals surface area contributed by atoms with Crippen molar-refractivity contribution in [2.45, 2.75) is 19.8 Å². The van der Waals surface area contributed by atoms with Gasteiger partial charge in [-0.05, 0) is 48.1 Å². The molecule has 2 heterocycles. The Labute approximate surface area is 163 Å². The van der Waals surface area contributed by atoms with Crippen molar-refractivity contribution in [2.24, 2.45) is 5.92 Å². The number of benzene rings is 2. The van der Waals surface area contributed by atoms with Crippen LogP contribution >= 0.6 is 0 Å². The van der Waals surface area contributed by atoms with E-state index in [1.165, 1.54) is 0 Å². The van der Waals surface area contributed by atoms with Gasteiger partial charge >= 0.3 is 0 Å². The van der Waals surface area contributed by atoms with Gasteiger partial charge in [0.05, 0.1) is 0 Å². The van der Waals surface area contributed by atoms with Crippen molar-refractivity contribution in [3.8, 4) is 22.6 Å². The number of rotatable bonds is 6. The summed E-state index contributed by atoms with van der Waals surface area (Å²) < 4.78 is 11.0. The molecular formula is C22H23N3O3. The monoisotopic (exact) mass is 377 g/mol. The van der Waals surface area contributed by atoms with Gasteiger partial charge in [0.25, 0.3) is 5.91 Å². The van der Waals surface area contributed by atoms with Crippen LogP contribution in [0.15, 0.2) is 52.9 Å². The quantitative estimate of drug-likeness (QED) is 0.706. The lowest BCUT2D eigenvalue weighted by atomic mass is 9.98. The van der Waals surface area contributed by atoms with Crippen molar-refractivity contribution in [1.29, 1.82) is 0 Å². The van der Waals surface area contributed by atoms with Crippen molar-refractivity contribution in [2.75, 3.05) is 19.8 Å². The van der Waals surface area contributed by atoms with E-state index in [4.69, 9.17) is 9.15 Å². The standard InChI is InChI=1S/C22H23N3O3/c1-15-24-25-22(28-15)20-8-3-2-7-19(20)17-5-4-6-18(13-17)21(26)23-11-9-16-10-12-27-14-16/h2-8,13,16H,9-12,14H2,1H3,(H,23,26)/t16-/m1/s1. The lowest BCUT2D eigenvalue weighted by Gasteiger charge is -2.11. The second kappa shape index (κ2) is 8.35. The van der Waals surface area contributed by atoms with Crippen molar-refractivity contribution in [3.05, 3.63) is 60.0 Å². The first-order chi connectivity index (χ1) is 13.7. The number of nitrogens with zero attached hydrogens (tertiary/aromatic N) is 2. The van der Waals surface area contributed by atoms with Crippen molar-refractivity contribution in [1.82, 2.24) is 15.5 Å². The van der Waals surface area contributed by atoms with E-state index in [0.717, 1.165) is 42.7 Å². The molecule has 4 rings (SSSR count). The van der Waals surface area contributed by atoms with E-state index in [-0.39, 0.29) is 5.91 Å². The normalized spacial score (nSPS) is 16.2. The summed E-state index contributed by atoms with van der Waals surface area (Å²) >= 11 is 0. The highest BCUT2D eigenvalue weighted by molar-refractivity contribution is 5.96. The zero-order valence-electron chi connectivity index (χ0n) is 15.9. The van der Waals surface area contributed by atoms with Gasteiger partial charge in [0, 0.05) is 37.8 Å². The lowest BCUT2D eigenvalue weighted by Crippen LogP contribution is -2.26. The first-order valence-corrected chi connectivity index (χ1v) is 9.56. The average Bonchev–Trinajstić information content (AvgIpc) is 3.40. The van der Waals surface area contributed by atoms with Crippen molar-refractivity contribution < 1.29 is 13.9 Å². The molecule has 1 atom stereocenters. The summed E-state index contributed by atoms with van der Waals surface area (Å²) in [7, 11) is 0. The highest BCUT2D eigenvalue weighted by Crippen LogP contribution is 2.31. The van der Waals surface area contributed by atoms with Crippen LogP contribution in [0.25, 0.3) is 22.6 Å². The SMILES string of the molecule is Cc1nnc(-c2ccccc2-c2cccc(C(=O)NCC[C@@H]3CCOC3)c2)o1. The van der Waals surface area contributed by atoms with Gasteiger partial charge in [-0.2, -0.15) is 0 Å². The number of aromatic nitrogens is 2. The van der Waals surface area contributed by atoms with E-state index in [1.54, 1.807) is 6.92 Å². The number of amides is 1. The number of hydrogen-bond acceptors (Lipinski definition) is 5. The molecule has 1 aromatic heterocycles. The van der Waals surface area contributed by atoms with Crippen LogP contribution in [0, 0.1) is 12.8 Å². The van der Waals surface area contributed by atoms with E-state index in [2.05, 4.69) is 15.5 Å². The molecule has 6 heteroatoms. The van der Waals surface area contributed by atoms with Crippen molar-refractivity contribution in [3.63, 3.8) is 0 Å². The summed E-state index contributed by atoms with van der Waals surface area (Å²) in [5.41, 5.74) is 3.37. The summed E-state index contributed by atoms with van der Waals surface area (Å²) in [6.45, 7) is 4.06. The third-order valence-corrected chi connectivity index (χ3v) is 4.98. The number of aryl methyl sites for hydroxylation is 1. The molecule has 144 valence electrons. The summed E-state index contributed by atoms with van der Waals surface area (Å²) in [5, 5.41) is 11.1. The topological polar surface area (TPSA) is 77.2 Å². The first-order valence-electron chi connectivity index (χ1n) is 9.56. The molecule has 0 aliphatic carbocycles. The zero-order valence-corrected chi connectivity index (χ0v) is 15.9. The maximum Gasteiger partial charge on any atom is 0.251 e. The summed E-state index contributed by atoms with van der Waals surface area (Å²) in [4.78, 5) is 12.6. The first kappa shape index (κ1) is 18.4. The van der Waals surface area contributed by atoms with Gasteiger partial charge in [-0.25, -0.2) is 0 Å². The summed E-state index contributed by atoms with van der Waals surface area (Å²) in [5.74, 6) is 1.48. The molecule has 1 N–H and O–H groups in total. The fourth-order valence-electron chi connectivity index (χ4n) is 3.46. The van der Waals surface area contributed by atoms with Crippen LogP contribution in [0.4, 0.5) is 0 Å². The zero-order chi connectivity index (χ0) is 19.3. The van der Waals surface area contributed by atoms with Crippen LogP contribution in [-0.2, 0) is 4.74 Å². The largest absolute Gasteiger partial charge is 0.421 e. The molecule has 1 amide bonds. The molecule has 1 aliphatic rings. The molecule has 28 heavy (non-hydrogen) atoms. The number of ether oxygens (including phenoxy) is 1. The molecule has 1 aliphatic heterocycles. The predicted molar refractivity (Wildman–Crippen MR) is 106 cm³/mol. The third-order valence-electron chi connectivity index (χ3n) is 4.98. The number of hydrogen-bond donors (Lipinski definition) is 1. The van der Waals surface area contributed by atoms with E-state index < -0.39 is 0 Å². The minimum atomic E-state index is -0.0631. The Morgan fingerprint density at radius 2 is 2.00 bits per heavy atom. The van der Waals surface area contributed by atoms with Gasteiger partial charge in [0.2, 0.25) is 11.8 Å². The minimum Gasteiger partial charge on any atom is -0.421 e. The maximum absolute atomic E-state index is 12.6. The molecule has 0 bridgehead atoms. The highest BCUT2D eigenvalue weighted by atomic mass is 16.5. The van der Waals surface area contributed by atoms with E-state index in [9.17, 15) is 4.79 Å². The van der Waals surface area contributed by atoms with E-state index >= 15 is 0 Å². The van der Waals surface area contributed by atoms with Gasteiger partial charge in [-0.3, -0.25) is 4.79 Å². The molecule has 0 radical (unpaired) electrons. The van der Waals surface area contributed by atoms with Gasteiger partial charge in [-0.1, -0.05) is 30.3 Å². The molecule has 3 aromatic rings. The number of carbonyl (C=O) groups excluding carboxylic acids is 1. The fraction of sp³-hybridized carbons (Fsp3) is 0.318. The molecule has 1 fully saturated rings. The Morgan fingerprint density at radius 3 is 2.75 bits per heavy atom. The number of carbonyl (C=O) groups is 1. The van der Waals surface area contributed by atoms with E-state index in [1.807, 2.05) is 48.5 Å². The van der Waals surface area contributed by atoms with Crippen LogP contribution in [0.1, 0.15) is 29.1 Å². The second-order valence-corrected chi connectivity index (χ2v) is 7.03.